The fourth-order valence-electron chi connectivity index (χ4n) is 4.86. The molecule has 3 heterocycles. The Bertz CT molecular complexity index is 1340. The highest BCUT2D eigenvalue weighted by Crippen LogP contribution is 2.32. The number of benzene rings is 1. The third kappa shape index (κ3) is 7.50. The monoisotopic (exact) mass is 584 g/mol. The summed E-state index contributed by atoms with van der Waals surface area (Å²) < 4.78 is 15.6. The zero-order valence-electron chi connectivity index (χ0n) is 23.7. The number of likely N-dealkylation sites (tertiary alicyclic amines) is 1. The van der Waals surface area contributed by atoms with Gasteiger partial charge in [0.15, 0.2) is 5.76 Å². The van der Waals surface area contributed by atoms with Crippen molar-refractivity contribution in [3.63, 3.8) is 0 Å². The number of aromatic nitrogens is 2. The standard InChI is InChI=1S/C29H36N4O7S/c1-17(2)26(23-13-24(32-40-23)39-11-5-6-25(35)38-4)29(37)33-15-21(34)12-22(33)28(36)30-14-19-7-9-20(10-8-19)27-18(3)31-16-41-27/h7-10,13,16-17,21-22,26,34H,5-6,11-12,14-15H2,1-4H3,(H,30,36)/t21-,22+,26?/m1/s1. The van der Waals surface area contributed by atoms with Crippen LogP contribution < -0.4 is 10.1 Å². The zero-order valence-corrected chi connectivity index (χ0v) is 24.5. The molecular weight excluding hydrogens is 548 g/mol. The highest BCUT2D eigenvalue weighted by molar-refractivity contribution is 7.13. The van der Waals surface area contributed by atoms with Crippen LogP contribution in [-0.4, -0.2) is 70.3 Å². The van der Waals surface area contributed by atoms with E-state index in [-0.39, 0.29) is 55.6 Å². The number of carbonyl (C=O) groups is 3. The number of rotatable bonds is 12. The van der Waals surface area contributed by atoms with E-state index in [4.69, 9.17) is 9.26 Å². The number of aryl methyl sites for hydroxylation is 1. The minimum atomic E-state index is -0.812. The third-order valence-corrected chi connectivity index (χ3v) is 8.02. The highest BCUT2D eigenvalue weighted by Gasteiger charge is 2.43. The number of thiazole rings is 1. The number of nitrogens with zero attached hydrogens (tertiary/aromatic N) is 3. The Hall–Kier alpha value is -3.77. The summed E-state index contributed by atoms with van der Waals surface area (Å²) in [4.78, 5) is 45.0. The summed E-state index contributed by atoms with van der Waals surface area (Å²) in [6, 6.07) is 8.65. The average Bonchev–Trinajstić information content (AvgIpc) is 3.70. The number of nitrogens with one attached hydrogen (secondary N) is 1. The molecule has 3 aromatic rings. The van der Waals surface area contributed by atoms with Crippen LogP contribution in [-0.2, 0) is 25.7 Å². The molecule has 0 radical (unpaired) electrons. The average molecular weight is 585 g/mol. The number of amides is 2. The number of hydrogen-bond acceptors (Lipinski definition) is 10. The highest BCUT2D eigenvalue weighted by atomic mass is 32.1. The number of hydrogen-bond donors (Lipinski definition) is 2. The van der Waals surface area contributed by atoms with Crippen LogP contribution in [0.3, 0.4) is 0 Å². The molecule has 11 nitrogen and oxygen atoms in total. The van der Waals surface area contributed by atoms with Gasteiger partial charge < -0.3 is 29.3 Å². The number of ether oxygens (including phenoxy) is 2. The van der Waals surface area contributed by atoms with E-state index in [1.54, 1.807) is 17.4 Å². The van der Waals surface area contributed by atoms with Gasteiger partial charge in [0.2, 0.25) is 11.8 Å². The van der Waals surface area contributed by atoms with Crippen LogP contribution in [0.5, 0.6) is 5.88 Å². The maximum absolute atomic E-state index is 13.7. The first-order valence-corrected chi connectivity index (χ1v) is 14.5. The Morgan fingerprint density at radius 2 is 2.00 bits per heavy atom. The van der Waals surface area contributed by atoms with Crippen molar-refractivity contribution in [3.8, 4) is 16.3 Å². The number of carbonyl (C=O) groups excluding carboxylic acids is 3. The molecular formula is C29H36N4O7S. The van der Waals surface area contributed by atoms with E-state index in [9.17, 15) is 19.5 Å². The van der Waals surface area contributed by atoms with Gasteiger partial charge in [-0.05, 0) is 35.5 Å². The number of aliphatic hydroxyl groups excluding tert-OH is 1. The molecule has 2 N–H and O–H groups in total. The van der Waals surface area contributed by atoms with Gasteiger partial charge in [-0.1, -0.05) is 38.1 Å². The van der Waals surface area contributed by atoms with Crippen molar-refractivity contribution >= 4 is 29.1 Å². The van der Waals surface area contributed by atoms with Crippen LogP contribution in [0, 0.1) is 12.8 Å². The van der Waals surface area contributed by atoms with Crippen LogP contribution >= 0.6 is 11.3 Å². The van der Waals surface area contributed by atoms with Gasteiger partial charge in [-0.2, -0.15) is 0 Å². The second-order valence-electron chi connectivity index (χ2n) is 10.4. The SMILES string of the molecule is COC(=O)CCCOc1cc(C(C(=O)N2C[C@H](O)C[C@H]2C(=O)NCc2ccc(-c3scnc3C)cc2)C(C)C)on1. The molecule has 0 aliphatic carbocycles. The van der Waals surface area contributed by atoms with Gasteiger partial charge in [-0.15, -0.1) is 11.3 Å². The molecule has 1 saturated heterocycles. The maximum Gasteiger partial charge on any atom is 0.305 e. The summed E-state index contributed by atoms with van der Waals surface area (Å²) >= 11 is 1.58. The van der Waals surface area contributed by atoms with Crippen molar-refractivity contribution in [2.45, 2.75) is 64.6 Å². The summed E-state index contributed by atoms with van der Waals surface area (Å²) in [5.74, 6) is -1.36. The molecule has 0 bridgehead atoms. The first kappa shape index (κ1) is 30.2. The first-order valence-electron chi connectivity index (χ1n) is 13.6. The molecule has 1 unspecified atom stereocenters. The number of methoxy groups -OCH3 is 1. The number of esters is 1. The van der Waals surface area contributed by atoms with Gasteiger partial charge in [0.25, 0.3) is 5.88 Å². The largest absolute Gasteiger partial charge is 0.475 e. The lowest BCUT2D eigenvalue weighted by Gasteiger charge is -2.28. The molecule has 1 fully saturated rings. The normalized spacial score (nSPS) is 17.5. The number of β-amino-alcohol motifs (C(OH)–C–C–N with tert-alkyl or cyclic N) is 1. The summed E-state index contributed by atoms with van der Waals surface area (Å²) in [5.41, 5.74) is 4.78. The molecule has 220 valence electrons. The fraction of sp³-hybridized carbons (Fsp3) is 0.483. The van der Waals surface area contributed by atoms with Crippen LogP contribution in [0.1, 0.15) is 56.0 Å². The van der Waals surface area contributed by atoms with Crippen LogP contribution in [0.2, 0.25) is 0 Å². The minimum absolute atomic E-state index is 0.0497. The lowest BCUT2D eigenvalue weighted by atomic mass is 9.91. The first-order chi connectivity index (χ1) is 19.7. The van der Waals surface area contributed by atoms with Crippen molar-refractivity contribution in [1.29, 1.82) is 0 Å². The molecule has 41 heavy (non-hydrogen) atoms. The fourth-order valence-corrected chi connectivity index (χ4v) is 5.67. The Morgan fingerprint density at radius 1 is 1.24 bits per heavy atom. The maximum atomic E-state index is 13.7. The molecule has 3 atom stereocenters. The second kappa shape index (κ2) is 13.7. The van der Waals surface area contributed by atoms with Crippen LogP contribution in [0.4, 0.5) is 0 Å². The predicted molar refractivity (Wildman–Crippen MR) is 151 cm³/mol. The Labute approximate surface area is 242 Å². The molecule has 0 spiro atoms. The van der Waals surface area contributed by atoms with Gasteiger partial charge in [-0.25, -0.2) is 4.98 Å². The quantitative estimate of drug-likeness (QED) is 0.242. The predicted octanol–water partition coefficient (Wildman–Crippen LogP) is 3.46. The summed E-state index contributed by atoms with van der Waals surface area (Å²) in [6.45, 7) is 6.30. The third-order valence-electron chi connectivity index (χ3n) is 7.04. The van der Waals surface area contributed by atoms with Crippen molar-refractivity contribution < 1.29 is 33.5 Å². The smallest absolute Gasteiger partial charge is 0.305 e. The molecule has 1 aliphatic rings. The lowest BCUT2D eigenvalue weighted by Crippen LogP contribution is -2.48. The Morgan fingerprint density at radius 3 is 2.66 bits per heavy atom. The Kier molecular flexibility index (Phi) is 10.1. The molecule has 1 aliphatic heterocycles. The summed E-state index contributed by atoms with van der Waals surface area (Å²) in [6.07, 6.45) is -0.00297. The van der Waals surface area contributed by atoms with E-state index >= 15 is 0 Å². The van der Waals surface area contributed by atoms with E-state index in [1.807, 2.05) is 50.5 Å². The topological polar surface area (TPSA) is 144 Å². The molecule has 0 saturated carbocycles. The van der Waals surface area contributed by atoms with Crippen LogP contribution in [0.25, 0.3) is 10.4 Å². The molecule has 12 heteroatoms. The van der Waals surface area contributed by atoms with E-state index in [0.29, 0.717) is 18.7 Å². The number of aliphatic hydroxyl groups is 1. The summed E-state index contributed by atoms with van der Waals surface area (Å²) in [5, 5.41) is 17.2. The summed E-state index contributed by atoms with van der Waals surface area (Å²) in [7, 11) is 1.33. The molecule has 4 rings (SSSR count). The molecule has 1 aromatic carbocycles. The van der Waals surface area contributed by atoms with Gasteiger partial charge in [-0.3, -0.25) is 14.4 Å². The van der Waals surface area contributed by atoms with E-state index < -0.39 is 18.1 Å². The molecule has 2 amide bonds. The lowest BCUT2D eigenvalue weighted by molar-refractivity contribution is -0.141. The van der Waals surface area contributed by atoms with E-state index in [2.05, 4.69) is 20.2 Å². The van der Waals surface area contributed by atoms with Crippen molar-refractivity contribution in [1.82, 2.24) is 20.4 Å². The van der Waals surface area contributed by atoms with Gasteiger partial charge in [0.05, 0.1) is 35.9 Å². The van der Waals surface area contributed by atoms with Gasteiger partial charge in [0.1, 0.15) is 12.0 Å². The van der Waals surface area contributed by atoms with Gasteiger partial charge in [0, 0.05) is 32.0 Å². The van der Waals surface area contributed by atoms with Crippen molar-refractivity contribution in [3.05, 3.63) is 52.9 Å². The van der Waals surface area contributed by atoms with Crippen molar-refractivity contribution in [2.75, 3.05) is 20.3 Å². The van der Waals surface area contributed by atoms with Crippen molar-refractivity contribution in [2.24, 2.45) is 5.92 Å². The second-order valence-corrected chi connectivity index (χ2v) is 11.2. The van der Waals surface area contributed by atoms with E-state index in [1.165, 1.54) is 12.0 Å². The zero-order chi connectivity index (χ0) is 29.5. The van der Waals surface area contributed by atoms with Crippen LogP contribution in [0.15, 0.2) is 40.4 Å². The molecule has 2 aromatic heterocycles. The minimum Gasteiger partial charge on any atom is -0.475 e. The van der Waals surface area contributed by atoms with Gasteiger partial charge >= 0.3 is 5.97 Å². The Balaban J connectivity index is 1.38. The van der Waals surface area contributed by atoms with E-state index in [0.717, 1.165) is 21.7 Å².